The van der Waals surface area contributed by atoms with Crippen molar-refractivity contribution < 1.29 is 9.26 Å². The number of hydrogen-bond acceptors (Lipinski definition) is 11. The summed E-state index contributed by atoms with van der Waals surface area (Å²) in [6.07, 6.45) is 8.44. The Kier molecular flexibility index (Phi) is 6.97. The van der Waals surface area contributed by atoms with Gasteiger partial charge in [-0.2, -0.15) is 4.98 Å². The summed E-state index contributed by atoms with van der Waals surface area (Å²) >= 11 is 0. The first-order valence-electron chi connectivity index (χ1n) is 11.2. The minimum absolute atomic E-state index is 0.156. The van der Waals surface area contributed by atoms with E-state index in [1.165, 1.54) is 0 Å². The topological polar surface area (TPSA) is 142 Å². The summed E-state index contributed by atoms with van der Waals surface area (Å²) in [5.74, 6) is 1.98. The summed E-state index contributed by atoms with van der Waals surface area (Å²) in [6, 6.07) is 3.94. The van der Waals surface area contributed by atoms with Crippen LogP contribution in [0.2, 0.25) is 0 Å². The van der Waals surface area contributed by atoms with Crippen molar-refractivity contribution in [2.75, 3.05) is 37.9 Å². The maximum atomic E-state index is 5.59. The highest BCUT2D eigenvalue weighted by Crippen LogP contribution is 2.38. The first-order chi connectivity index (χ1) is 16.8. The molecule has 11 heteroatoms. The smallest absolute Gasteiger partial charge is 0.278 e. The number of pyridine rings is 1. The Morgan fingerprint density at radius 3 is 2.34 bits per heavy atom. The van der Waals surface area contributed by atoms with E-state index < -0.39 is 5.41 Å². The second-order valence-electron chi connectivity index (χ2n) is 8.72. The van der Waals surface area contributed by atoms with E-state index in [1.54, 1.807) is 31.9 Å². The maximum absolute atomic E-state index is 5.59. The van der Waals surface area contributed by atoms with Crippen LogP contribution in [0.1, 0.15) is 32.2 Å². The molecule has 0 radical (unpaired) electrons. The first-order valence-corrected chi connectivity index (χ1v) is 11.2. The van der Waals surface area contributed by atoms with Crippen molar-refractivity contribution in [1.82, 2.24) is 35.1 Å². The van der Waals surface area contributed by atoms with Gasteiger partial charge in [-0.05, 0) is 24.5 Å². The zero-order valence-corrected chi connectivity index (χ0v) is 20.5. The van der Waals surface area contributed by atoms with E-state index in [4.69, 9.17) is 15.0 Å². The van der Waals surface area contributed by atoms with Crippen molar-refractivity contribution in [3.63, 3.8) is 0 Å². The molecule has 0 aliphatic heterocycles. The lowest BCUT2D eigenvalue weighted by atomic mass is 9.73. The fourth-order valence-electron chi connectivity index (χ4n) is 3.57. The fourth-order valence-corrected chi connectivity index (χ4v) is 3.57. The number of nitrogen functional groups attached to an aromatic ring is 1. The molecule has 0 unspecified atom stereocenters. The lowest BCUT2D eigenvalue weighted by Gasteiger charge is -2.30. The highest BCUT2D eigenvalue weighted by Gasteiger charge is 2.38. The summed E-state index contributed by atoms with van der Waals surface area (Å²) in [5.41, 5.74) is 8.05. The van der Waals surface area contributed by atoms with Gasteiger partial charge in [-0.25, -0.2) is 19.9 Å². The molecule has 0 spiro atoms. The predicted octanol–water partition coefficient (Wildman–Crippen LogP) is 3.01. The quantitative estimate of drug-likeness (QED) is 0.381. The van der Waals surface area contributed by atoms with Crippen LogP contribution in [0.4, 0.5) is 11.8 Å². The molecule has 4 rings (SSSR count). The number of nitrogens with two attached hydrogens (primary N) is 1. The number of likely N-dealkylation sites (N-methyl/N-ethyl adjacent to an activating group) is 1. The zero-order valence-electron chi connectivity index (χ0n) is 20.5. The van der Waals surface area contributed by atoms with E-state index in [0.717, 1.165) is 22.6 Å². The number of methoxy groups -OCH3 is 1. The molecule has 0 bridgehead atoms. The minimum Gasteiger partial charge on any atom is -0.383 e. The average molecular weight is 476 g/mol. The molecular formula is C24H29N9O2. The molecule has 0 amide bonds. The van der Waals surface area contributed by atoms with E-state index in [9.17, 15) is 0 Å². The second kappa shape index (κ2) is 10.1. The summed E-state index contributed by atoms with van der Waals surface area (Å²) < 4.78 is 10.7. The van der Waals surface area contributed by atoms with Crippen LogP contribution in [0.5, 0.6) is 0 Å². The van der Waals surface area contributed by atoms with Crippen molar-refractivity contribution in [3.05, 3.63) is 54.5 Å². The lowest BCUT2D eigenvalue weighted by molar-refractivity contribution is 0.206. The van der Waals surface area contributed by atoms with Gasteiger partial charge in [0.2, 0.25) is 5.95 Å². The molecule has 2 N–H and O–H groups in total. The van der Waals surface area contributed by atoms with Gasteiger partial charge in [0.1, 0.15) is 11.5 Å². The normalized spacial score (nSPS) is 13.1. The molecule has 4 aromatic heterocycles. The largest absolute Gasteiger partial charge is 0.383 e. The van der Waals surface area contributed by atoms with Gasteiger partial charge < -0.3 is 19.9 Å². The van der Waals surface area contributed by atoms with E-state index in [2.05, 4.69) is 55.8 Å². The molecular weight excluding hydrogens is 446 g/mol. The van der Waals surface area contributed by atoms with Crippen LogP contribution in [0.15, 0.2) is 47.6 Å². The van der Waals surface area contributed by atoms with Crippen LogP contribution < -0.4 is 10.6 Å². The van der Waals surface area contributed by atoms with E-state index in [-0.39, 0.29) is 11.9 Å². The standard InChI is InChI=1S/C24H29N9O2/c1-15(2)24(3,17-6-7-18(26-12-17)16-10-29-23(25)30-11-16)22-31-21(35-32-22)19-13-28-20(14-27-19)33(4)8-9-34-5/h6-7,10-15H,8-9H2,1-5H3,(H2,25,29,30)/t24-/m1/s1. The molecule has 11 nitrogen and oxygen atoms in total. The second-order valence-corrected chi connectivity index (χ2v) is 8.72. The van der Waals surface area contributed by atoms with Crippen molar-refractivity contribution in [1.29, 1.82) is 0 Å². The van der Waals surface area contributed by atoms with E-state index in [0.29, 0.717) is 30.6 Å². The van der Waals surface area contributed by atoms with Gasteiger partial charge in [-0.1, -0.05) is 25.1 Å². The molecule has 35 heavy (non-hydrogen) atoms. The van der Waals surface area contributed by atoms with Gasteiger partial charge in [-0.3, -0.25) is 4.98 Å². The molecule has 0 saturated carbocycles. The fraction of sp³-hybridized carbons (Fsp3) is 0.375. The van der Waals surface area contributed by atoms with Gasteiger partial charge in [0.05, 0.1) is 30.1 Å². The SMILES string of the molecule is COCCN(C)c1cnc(-c2nc([C@@](C)(c3ccc(-c4cnc(N)nc4)nc3)C(C)C)no2)cn1. The molecule has 0 saturated heterocycles. The van der Waals surface area contributed by atoms with E-state index >= 15 is 0 Å². The number of nitrogens with zero attached hydrogens (tertiary/aromatic N) is 8. The number of ether oxygens (including phenoxy) is 1. The molecule has 0 fully saturated rings. The average Bonchev–Trinajstić information content (AvgIpc) is 3.38. The molecule has 1 atom stereocenters. The van der Waals surface area contributed by atoms with Crippen molar-refractivity contribution in [2.24, 2.45) is 5.92 Å². The summed E-state index contributed by atoms with van der Waals surface area (Å²) in [5, 5.41) is 4.31. The number of anilines is 2. The van der Waals surface area contributed by atoms with E-state index in [1.807, 2.05) is 30.3 Å². The molecule has 0 aliphatic carbocycles. The highest BCUT2D eigenvalue weighted by molar-refractivity contribution is 5.57. The Labute approximate surface area is 203 Å². The Morgan fingerprint density at radius 1 is 1.00 bits per heavy atom. The number of aromatic nitrogens is 7. The van der Waals surface area contributed by atoms with Gasteiger partial charge in [0.25, 0.3) is 5.89 Å². The van der Waals surface area contributed by atoms with Crippen molar-refractivity contribution in [2.45, 2.75) is 26.2 Å². The van der Waals surface area contributed by atoms with Crippen molar-refractivity contribution >= 4 is 11.8 Å². The third-order valence-electron chi connectivity index (χ3n) is 6.26. The Bertz CT molecular complexity index is 1240. The maximum Gasteiger partial charge on any atom is 0.278 e. The Hall–Kier alpha value is -3.99. The van der Waals surface area contributed by atoms with Crippen LogP contribution in [0, 0.1) is 5.92 Å². The van der Waals surface area contributed by atoms with Crippen LogP contribution in [-0.4, -0.2) is 62.4 Å². The van der Waals surface area contributed by atoms with Crippen LogP contribution >= 0.6 is 0 Å². The molecule has 182 valence electrons. The predicted molar refractivity (Wildman–Crippen MR) is 131 cm³/mol. The molecule has 4 heterocycles. The van der Waals surface area contributed by atoms with Crippen LogP contribution in [0.3, 0.4) is 0 Å². The van der Waals surface area contributed by atoms with Gasteiger partial charge in [0.15, 0.2) is 5.82 Å². The third kappa shape index (κ3) is 4.94. The first kappa shape index (κ1) is 24.1. The van der Waals surface area contributed by atoms with Gasteiger partial charge in [0, 0.05) is 44.9 Å². The Balaban J connectivity index is 1.59. The number of rotatable bonds is 9. The summed E-state index contributed by atoms with van der Waals surface area (Å²) in [4.78, 5) is 28.3. The zero-order chi connectivity index (χ0) is 25.0. The van der Waals surface area contributed by atoms with Crippen molar-refractivity contribution in [3.8, 4) is 22.8 Å². The summed E-state index contributed by atoms with van der Waals surface area (Å²) in [7, 11) is 3.60. The molecule has 0 aliphatic rings. The lowest BCUT2D eigenvalue weighted by Crippen LogP contribution is -2.31. The number of hydrogen-bond donors (Lipinski definition) is 1. The van der Waals surface area contributed by atoms with Crippen LogP contribution in [-0.2, 0) is 10.2 Å². The monoisotopic (exact) mass is 475 g/mol. The minimum atomic E-state index is -0.543. The summed E-state index contributed by atoms with van der Waals surface area (Å²) in [6.45, 7) is 7.61. The Morgan fingerprint density at radius 2 is 1.74 bits per heavy atom. The molecule has 0 aromatic carbocycles. The highest BCUT2D eigenvalue weighted by atomic mass is 16.5. The third-order valence-corrected chi connectivity index (χ3v) is 6.26. The van der Waals surface area contributed by atoms with Gasteiger partial charge in [-0.15, -0.1) is 0 Å². The van der Waals surface area contributed by atoms with Gasteiger partial charge >= 0.3 is 0 Å². The molecule has 4 aromatic rings. The van der Waals surface area contributed by atoms with Crippen LogP contribution in [0.25, 0.3) is 22.8 Å².